The molecule has 4 heterocycles. The molecule has 24 rings (SSSR count). The minimum atomic E-state index is -0.0271. The summed E-state index contributed by atoms with van der Waals surface area (Å²) in [5.74, 6) is 0. The van der Waals surface area contributed by atoms with Crippen molar-refractivity contribution in [3.8, 4) is 111 Å². The van der Waals surface area contributed by atoms with Crippen LogP contribution in [0, 0.1) is 0 Å². The van der Waals surface area contributed by atoms with Gasteiger partial charge in [0.25, 0.3) is 0 Å². The van der Waals surface area contributed by atoms with Crippen molar-refractivity contribution in [1.29, 1.82) is 0 Å². The lowest BCUT2D eigenvalue weighted by Crippen LogP contribution is -2.21. The van der Waals surface area contributed by atoms with Gasteiger partial charge in [-0.25, -0.2) is 0 Å². The van der Waals surface area contributed by atoms with Crippen LogP contribution in [-0.4, -0.2) is 18.3 Å². The molecular formula is C128H104N4. The highest BCUT2D eigenvalue weighted by atomic mass is 15.1. The number of hydrogen-bond acceptors (Lipinski definition) is 0. The van der Waals surface area contributed by atoms with Gasteiger partial charge in [0.15, 0.2) is 0 Å². The third-order valence-corrected chi connectivity index (χ3v) is 27.7. The van der Waals surface area contributed by atoms with Gasteiger partial charge in [-0.3, -0.25) is 0 Å². The van der Waals surface area contributed by atoms with Crippen LogP contribution in [0.4, 0.5) is 0 Å². The Morgan fingerprint density at radius 1 is 0.114 bits per heavy atom. The van der Waals surface area contributed by atoms with Crippen LogP contribution in [0.3, 0.4) is 0 Å². The van der Waals surface area contributed by atoms with Crippen molar-refractivity contribution in [3.05, 3.63) is 413 Å². The van der Waals surface area contributed by atoms with Crippen molar-refractivity contribution in [2.24, 2.45) is 0 Å². The molecule has 0 radical (unpaired) electrons. The molecule has 0 bridgehead atoms. The predicted octanol–water partition coefficient (Wildman–Crippen LogP) is 36.1. The highest BCUT2D eigenvalue weighted by molar-refractivity contribution is 6.24. The molecule has 0 aliphatic heterocycles. The number of para-hydroxylation sites is 4. The molecule has 0 saturated heterocycles. The van der Waals surface area contributed by atoms with Crippen LogP contribution < -0.4 is 0 Å². The van der Waals surface area contributed by atoms with Gasteiger partial charge in [-0.2, -0.15) is 0 Å². The summed E-state index contributed by atoms with van der Waals surface area (Å²) < 4.78 is 9.91. The fourth-order valence-electron chi connectivity index (χ4n) is 22.0. The summed E-state index contributed by atoms with van der Waals surface area (Å²) in [7, 11) is 0. The number of nitrogens with zero attached hydrogens (tertiary/aromatic N) is 4. The molecule has 4 nitrogen and oxygen atoms in total. The second-order valence-electron chi connectivity index (χ2n) is 40.2. The summed E-state index contributed by atoms with van der Waals surface area (Å²) in [4.78, 5) is 0. The van der Waals surface area contributed by atoms with Crippen molar-refractivity contribution in [2.45, 2.75) is 105 Å². The van der Waals surface area contributed by atoms with E-state index in [9.17, 15) is 0 Å². The maximum atomic E-state index is 2.48. The molecule has 0 unspecified atom stereocenters. The first kappa shape index (κ1) is 81.1. The average Bonchev–Trinajstić information content (AvgIpc) is 1.48. The Balaban J connectivity index is 0.000000152. The molecule has 0 saturated carbocycles. The number of aromatic nitrogens is 4. The normalized spacial score (nSPS) is 12.4. The SMILES string of the molecule is CC(C)(C)n1c2ccccc2c2cc(-c3ccc(-c4c5ccccc5c(-c5ccc(-c6ccc7c(c6)c6ccccc6n7C(C)(C)C)cc5)c5ccccc45)cc3)ccc21.CC(C)(C)n1c2ccccc2c2cc(-c3ccc(-c4ccc(-c5c6ccccc6c(-c6ccc(-c7ccc(-c8ccc9c(c8)c8ccccc8n9C(C)(C)C)cc7)cc6)c6ccccc56)cc4)cc3)ccc21. The Bertz CT molecular complexity index is 8090. The minimum absolute atomic E-state index is 0.0248. The van der Waals surface area contributed by atoms with E-state index in [4.69, 9.17) is 0 Å². The zero-order chi connectivity index (χ0) is 89.8. The zero-order valence-electron chi connectivity index (χ0n) is 77.0. The quantitative estimate of drug-likeness (QED) is 0.122. The molecule has 0 aliphatic carbocycles. The zero-order valence-corrected chi connectivity index (χ0v) is 77.0. The predicted molar refractivity (Wildman–Crippen MR) is 569 cm³/mol. The third-order valence-electron chi connectivity index (χ3n) is 27.7. The molecule has 132 heavy (non-hydrogen) atoms. The first-order chi connectivity index (χ1) is 64.0. The number of benzene rings is 20. The van der Waals surface area contributed by atoms with Crippen LogP contribution in [0.1, 0.15) is 83.1 Å². The van der Waals surface area contributed by atoms with E-state index < -0.39 is 0 Å². The third kappa shape index (κ3) is 13.7. The van der Waals surface area contributed by atoms with Crippen LogP contribution in [-0.2, 0) is 22.2 Å². The molecule has 24 aromatic rings. The van der Waals surface area contributed by atoms with Crippen LogP contribution in [0.5, 0.6) is 0 Å². The second-order valence-corrected chi connectivity index (χ2v) is 40.2. The van der Waals surface area contributed by atoms with E-state index in [0.29, 0.717) is 0 Å². The van der Waals surface area contributed by atoms with E-state index in [-0.39, 0.29) is 22.2 Å². The monoisotopic (exact) mass is 1700 g/mol. The molecule has 0 atom stereocenters. The van der Waals surface area contributed by atoms with Gasteiger partial charge in [-0.05, 0) is 310 Å². The van der Waals surface area contributed by atoms with Gasteiger partial charge in [-0.15, -0.1) is 0 Å². The number of hydrogen-bond donors (Lipinski definition) is 0. The minimum Gasteiger partial charge on any atom is -0.335 e. The first-order valence-corrected chi connectivity index (χ1v) is 46.7. The summed E-state index contributed by atoms with van der Waals surface area (Å²) in [5.41, 5.74) is 34.7. The fraction of sp³-hybridized carbons (Fsp3) is 0.125. The lowest BCUT2D eigenvalue weighted by molar-refractivity contribution is 0.423. The fourth-order valence-corrected chi connectivity index (χ4v) is 22.0. The molecule has 0 N–H and O–H groups in total. The van der Waals surface area contributed by atoms with E-state index in [0.717, 1.165) is 0 Å². The highest BCUT2D eigenvalue weighted by Crippen LogP contribution is 2.50. The Labute approximate surface area is 772 Å². The van der Waals surface area contributed by atoms with Gasteiger partial charge >= 0.3 is 0 Å². The van der Waals surface area contributed by atoms with Crippen LogP contribution in [0.25, 0.3) is 242 Å². The van der Waals surface area contributed by atoms with Gasteiger partial charge in [0.2, 0.25) is 0 Å². The van der Waals surface area contributed by atoms with Gasteiger partial charge in [-0.1, -0.05) is 340 Å². The van der Waals surface area contributed by atoms with Crippen molar-refractivity contribution in [1.82, 2.24) is 18.3 Å². The van der Waals surface area contributed by atoms with Crippen molar-refractivity contribution < 1.29 is 0 Å². The van der Waals surface area contributed by atoms with Crippen LogP contribution in [0.2, 0.25) is 0 Å². The maximum absolute atomic E-state index is 2.48. The van der Waals surface area contributed by atoms with E-state index in [1.807, 2.05) is 0 Å². The second kappa shape index (κ2) is 31.2. The largest absolute Gasteiger partial charge is 0.335 e. The van der Waals surface area contributed by atoms with Gasteiger partial charge in [0.1, 0.15) is 0 Å². The van der Waals surface area contributed by atoms with Gasteiger partial charge in [0.05, 0.1) is 0 Å². The molecule has 0 spiro atoms. The molecule has 20 aromatic carbocycles. The van der Waals surface area contributed by atoms with Crippen LogP contribution in [0.15, 0.2) is 413 Å². The summed E-state index contributed by atoms with van der Waals surface area (Å²) in [6.45, 7) is 27.4. The molecule has 4 heteroatoms. The molecule has 0 amide bonds. The van der Waals surface area contributed by atoms with Crippen molar-refractivity contribution >= 4 is 130 Å². The molecular weight excluding hydrogens is 1590 g/mol. The molecule has 4 aromatic heterocycles. The van der Waals surface area contributed by atoms with E-state index in [1.165, 1.54) is 242 Å². The average molecular weight is 1700 g/mol. The summed E-state index contributed by atoms with van der Waals surface area (Å²) in [5, 5.41) is 20.5. The molecule has 0 aliphatic rings. The smallest absolute Gasteiger partial charge is 0.0496 e. The first-order valence-electron chi connectivity index (χ1n) is 46.7. The lowest BCUT2D eigenvalue weighted by Gasteiger charge is -2.24. The lowest BCUT2D eigenvalue weighted by atomic mass is 9.85. The van der Waals surface area contributed by atoms with Crippen molar-refractivity contribution in [2.75, 3.05) is 0 Å². The van der Waals surface area contributed by atoms with Gasteiger partial charge in [0, 0.05) is 109 Å². The number of rotatable bonds is 10. The van der Waals surface area contributed by atoms with E-state index in [2.05, 4.69) is 514 Å². The van der Waals surface area contributed by atoms with E-state index >= 15 is 0 Å². The maximum Gasteiger partial charge on any atom is 0.0496 e. The Hall–Kier alpha value is -15.4. The number of fused-ring (bicyclic) bond motifs is 16. The topological polar surface area (TPSA) is 19.7 Å². The Morgan fingerprint density at radius 2 is 0.235 bits per heavy atom. The van der Waals surface area contributed by atoms with Gasteiger partial charge < -0.3 is 18.3 Å². The van der Waals surface area contributed by atoms with Crippen LogP contribution >= 0.6 is 0 Å². The van der Waals surface area contributed by atoms with Crippen molar-refractivity contribution in [3.63, 3.8) is 0 Å². The molecule has 636 valence electrons. The van der Waals surface area contributed by atoms with E-state index in [1.54, 1.807) is 0 Å². The Morgan fingerprint density at radius 3 is 0.394 bits per heavy atom. The summed E-state index contributed by atoms with van der Waals surface area (Å²) in [6, 6.07) is 154. The summed E-state index contributed by atoms with van der Waals surface area (Å²) in [6.07, 6.45) is 0. The highest BCUT2D eigenvalue weighted by Gasteiger charge is 2.28. The molecule has 0 fully saturated rings. The standard InChI is InChI=1S/C70H56N2.C58H48N2/c1-69(2,3)71-63-21-13-11-15-55(63)61-43-53(39-41-65(61)71)49-27-23-45(24-28-49)47-31-35-51(36-32-47)67-57-17-7-9-19-59(57)68(60-20-10-8-18-58(60)67)52-37-33-48(34-38-52)46-25-29-50(30-26-46)54-40-42-66-62(44-54)56-16-12-14-22-64(56)72(66)70(4,5)6;1-57(2,3)59-51-21-13-11-15-43(51)49-35-41(31-33-53(49)59)37-23-27-39(28-24-37)55-45-17-7-9-19-47(45)56(48-20-10-8-18-46(48)55)40-29-25-38(26-30-40)42-32-34-54-50(36-42)44-16-12-14-22-52(44)60(54)58(4,5)6/h7-44H,1-6H3;7-36H,1-6H3. The Kier molecular flexibility index (Phi) is 19.2. The summed E-state index contributed by atoms with van der Waals surface area (Å²) >= 11 is 0.